The number of para-hydroxylation sites is 1. The summed E-state index contributed by atoms with van der Waals surface area (Å²) in [5.74, 6) is 1.63. The molecule has 0 aliphatic heterocycles. The zero-order valence-electron chi connectivity index (χ0n) is 11.8. The smallest absolute Gasteiger partial charge is 0.111 e. The van der Waals surface area contributed by atoms with E-state index in [1.54, 1.807) is 0 Å². The van der Waals surface area contributed by atoms with Crippen LogP contribution in [0.1, 0.15) is 17.0 Å². The van der Waals surface area contributed by atoms with Crippen LogP contribution in [0, 0.1) is 6.92 Å². The van der Waals surface area contributed by atoms with Crippen LogP contribution in [0.3, 0.4) is 0 Å². The number of imidazole rings is 1. The van der Waals surface area contributed by atoms with Crippen molar-refractivity contribution in [3.63, 3.8) is 0 Å². The molecule has 1 heterocycles. The summed E-state index contributed by atoms with van der Waals surface area (Å²) in [5, 5.41) is 0. The minimum Gasteiger partial charge on any atom is -0.323 e. The Hall–Kier alpha value is -1.32. The zero-order chi connectivity index (χ0) is 14.8. The molecule has 4 heteroatoms. The molecular weight excluding hydrogens is 348 g/mol. The number of rotatable bonds is 4. The van der Waals surface area contributed by atoms with Crippen molar-refractivity contribution in [2.24, 2.45) is 0 Å². The summed E-state index contributed by atoms with van der Waals surface area (Å²) in [6.07, 6.45) is 0.778. The number of hydrogen-bond acceptors (Lipinski definition) is 1. The molecule has 108 valence electrons. The van der Waals surface area contributed by atoms with E-state index >= 15 is 0 Å². The molecule has 0 saturated carbocycles. The van der Waals surface area contributed by atoms with Crippen LogP contribution >= 0.6 is 27.5 Å². The van der Waals surface area contributed by atoms with Crippen molar-refractivity contribution in [3.8, 4) is 0 Å². The fourth-order valence-corrected chi connectivity index (χ4v) is 3.24. The lowest BCUT2D eigenvalue weighted by atomic mass is 10.2. The van der Waals surface area contributed by atoms with Gasteiger partial charge in [0.25, 0.3) is 0 Å². The van der Waals surface area contributed by atoms with Gasteiger partial charge < -0.3 is 4.57 Å². The number of alkyl halides is 1. The fourth-order valence-electron chi connectivity index (χ4n) is 2.66. The number of nitrogens with zero attached hydrogens (tertiary/aromatic N) is 2. The fraction of sp³-hybridized carbons (Fsp3) is 0.235. The van der Waals surface area contributed by atoms with Crippen molar-refractivity contribution >= 4 is 38.6 Å². The molecule has 0 bridgehead atoms. The largest absolute Gasteiger partial charge is 0.323 e. The maximum Gasteiger partial charge on any atom is 0.111 e. The van der Waals surface area contributed by atoms with Crippen molar-refractivity contribution in [3.05, 3.63) is 63.9 Å². The highest BCUT2D eigenvalue weighted by Gasteiger charge is 2.13. The van der Waals surface area contributed by atoms with E-state index in [0.29, 0.717) is 5.88 Å². The molecule has 1 aromatic heterocycles. The third kappa shape index (κ3) is 2.85. The second kappa shape index (κ2) is 6.20. The van der Waals surface area contributed by atoms with Crippen molar-refractivity contribution in [1.82, 2.24) is 9.55 Å². The Balaban J connectivity index is 2.15. The molecule has 0 amide bonds. The predicted molar refractivity (Wildman–Crippen MR) is 92.1 cm³/mol. The molecule has 0 N–H and O–H groups in total. The third-order valence-corrected chi connectivity index (χ3v) is 4.61. The van der Waals surface area contributed by atoms with Gasteiger partial charge in [0.1, 0.15) is 5.82 Å². The summed E-state index contributed by atoms with van der Waals surface area (Å²) in [6.45, 7) is 2.93. The Morgan fingerprint density at radius 2 is 1.95 bits per heavy atom. The molecule has 2 nitrogen and oxygen atoms in total. The first-order valence-corrected chi connectivity index (χ1v) is 8.27. The first-order valence-electron chi connectivity index (χ1n) is 6.95. The highest BCUT2D eigenvalue weighted by molar-refractivity contribution is 9.10. The quantitative estimate of drug-likeness (QED) is 0.601. The van der Waals surface area contributed by atoms with Crippen LogP contribution in [-0.4, -0.2) is 15.4 Å². The topological polar surface area (TPSA) is 17.8 Å². The monoisotopic (exact) mass is 362 g/mol. The van der Waals surface area contributed by atoms with Crippen LogP contribution in [0.2, 0.25) is 0 Å². The number of halogens is 2. The van der Waals surface area contributed by atoms with E-state index in [1.807, 2.05) is 6.07 Å². The van der Waals surface area contributed by atoms with Gasteiger partial charge in [-0.1, -0.05) is 46.3 Å². The van der Waals surface area contributed by atoms with Crippen LogP contribution in [0.5, 0.6) is 0 Å². The molecule has 0 aliphatic rings. The maximum atomic E-state index is 5.95. The highest BCUT2D eigenvalue weighted by atomic mass is 79.9. The normalized spacial score (nSPS) is 11.2. The average molecular weight is 364 g/mol. The summed E-state index contributed by atoms with van der Waals surface area (Å²) in [7, 11) is 0. The summed E-state index contributed by atoms with van der Waals surface area (Å²) in [4.78, 5) is 4.75. The van der Waals surface area contributed by atoms with Crippen LogP contribution in [0.25, 0.3) is 11.0 Å². The molecular formula is C17H16BrClN2. The number of benzene rings is 2. The van der Waals surface area contributed by atoms with Gasteiger partial charge in [-0.2, -0.15) is 0 Å². The number of aryl methyl sites for hydroxylation is 2. The van der Waals surface area contributed by atoms with Gasteiger partial charge in [0.05, 0.1) is 17.6 Å². The minimum absolute atomic E-state index is 0.582. The molecule has 0 aliphatic carbocycles. The number of aromatic nitrogens is 2. The van der Waals surface area contributed by atoms with Crippen LogP contribution in [0.15, 0.2) is 46.9 Å². The summed E-state index contributed by atoms with van der Waals surface area (Å²) in [6, 6.07) is 14.6. The van der Waals surface area contributed by atoms with E-state index in [9.17, 15) is 0 Å². The Labute approximate surface area is 137 Å². The van der Waals surface area contributed by atoms with Crippen LogP contribution < -0.4 is 0 Å². The SMILES string of the molecule is Cc1cccc2nc(CCCl)n(Cc3ccccc3Br)c12. The molecule has 0 radical (unpaired) electrons. The highest BCUT2D eigenvalue weighted by Crippen LogP contribution is 2.24. The molecule has 0 saturated heterocycles. The molecule has 0 fully saturated rings. The Morgan fingerprint density at radius 1 is 1.14 bits per heavy atom. The first-order chi connectivity index (χ1) is 10.2. The van der Waals surface area contributed by atoms with E-state index in [2.05, 4.69) is 63.8 Å². The predicted octanol–water partition coefficient (Wildman–Crippen LogP) is 4.94. The standard InChI is InChI=1S/C17H16BrClN2/c1-12-5-4-8-15-17(12)21(16(20-15)9-10-19)11-13-6-2-3-7-14(13)18/h2-8H,9-11H2,1H3. The van der Waals surface area contributed by atoms with Crippen molar-refractivity contribution < 1.29 is 0 Å². The number of hydrogen-bond donors (Lipinski definition) is 0. The number of fused-ring (bicyclic) bond motifs is 1. The van der Waals surface area contributed by atoms with Gasteiger partial charge in [-0.15, -0.1) is 11.6 Å². The van der Waals surface area contributed by atoms with Gasteiger partial charge in [-0.25, -0.2) is 4.98 Å². The van der Waals surface area contributed by atoms with Crippen LogP contribution in [-0.2, 0) is 13.0 Å². The zero-order valence-corrected chi connectivity index (χ0v) is 14.2. The molecule has 2 aromatic carbocycles. The van der Waals surface area contributed by atoms with Gasteiger partial charge >= 0.3 is 0 Å². The van der Waals surface area contributed by atoms with Gasteiger partial charge in [0.2, 0.25) is 0 Å². The Bertz CT molecular complexity index is 780. The first kappa shape index (κ1) is 14.6. The molecule has 21 heavy (non-hydrogen) atoms. The third-order valence-electron chi connectivity index (χ3n) is 3.65. The van der Waals surface area contributed by atoms with Crippen molar-refractivity contribution in [1.29, 1.82) is 0 Å². The summed E-state index contributed by atoms with van der Waals surface area (Å²) >= 11 is 9.58. The molecule has 3 rings (SSSR count). The van der Waals surface area contributed by atoms with Crippen molar-refractivity contribution in [2.45, 2.75) is 19.9 Å². The molecule has 0 atom stereocenters. The van der Waals surface area contributed by atoms with E-state index < -0.39 is 0 Å². The van der Waals surface area contributed by atoms with E-state index in [4.69, 9.17) is 16.6 Å². The molecule has 0 spiro atoms. The summed E-state index contributed by atoms with van der Waals surface area (Å²) in [5.41, 5.74) is 4.74. The Morgan fingerprint density at radius 3 is 2.71 bits per heavy atom. The lowest BCUT2D eigenvalue weighted by Crippen LogP contribution is -2.07. The minimum atomic E-state index is 0.582. The van der Waals surface area contributed by atoms with Crippen LogP contribution in [0.4, 0.5) is 0 Å². The molecule has 0 unspecified atom stereocenters. The van der Waals surface area contributed by atoms with Gasteiger partial charge in [-0.05, 0) is 30.2 Å². The van der Waals surface area contributed by atoms with Gasteiger partial charge in [0.15, 0.2) is 0 Å². The second-order valence-corrected chi connectivity index (χ2v) is 6.32. The second-order valence-electron chi connectivity index (χ2n) is 5.09. The van der Waals surface area contributed by atoms with Gasteiger partial charge in [-0.3, -0.25) is 0 Å². The maximum absolute atomic E-state index is 5.95. The van der Waals surface area contributed by atoms with Crippen molar-refractivity contribution in [2.75, 3.05) is 5.88 Å². The lowest BCUT2D eigenvalue weighted by molar-refractivity contribution is 0.751. The Kier molecular flexibility index (Phi) is 4.32. The average Bonchev–Trinajstić information content (AvgIpc) is 2.81. The lowest BCUT2D eigenvalue weighted by Gasteiger charge is -2.11. The van der Waals surface area contributed by atoms with E-state index in [1.165, 1.54) is 16.6 Å². The van der Waals surface area contributed by atoms with E-state index in [-0.39, 0.29) is 0 Å². The van der Waals surface area contributed by atoms with E-state index in [0.717, 1.165) is 28.8 Å². The summed E-state index contributed by atoms with van der Waals surface area (Å²) < 4.78 is 3.41. The molecule has 3 aromatic rings. The van der Waals surface area contributed by atoms with Gasteiger partial charge in [0, 0.05) is 16.8 Å².